The SMILES string of the molecule is Cc1cnc([C@H](C)CNC(=O)NCCc2cn3c(n2)CCCC3)s1. The molecule has 0 radical (unpaired) electrons. The zero-order valence-corrected chi connectivity index (χ0v) is 15.2. The number of fused-ring (bicyclic) bond motifs is 1. The summed E-state index contributed by atoms with van der Waals surface area (Å²) in [5, 5.41) is 6.89. The number of nitrogens with zero attached hydrogens (tertiary/aromatic N) is 3. The van der Waals surface area contributed by atoms with Crippen molar-refractivity contribution in [3.05, 3.63) is 33.8 Å². The number of thiazole rings is 1. The lowest BCUT2D eigenvalue weighted by Gasteiger charge is -2.11. The molecular formula is C17H25N5OS. The first-order valence-electron chi connectivity index (χ1n) is 8.61. The molecule has 2 aromatic rings. The van der Waals surface area contributed by atoms with E-state index in [0.717, 1.165) is 30.1 Å². The van der Waals surface area contributed by atoms with E-state index in [4.69, 9.17) is 0 Å². The van der Waals surface area contributed by atoms with Crippen molar-refractivity contribution >= 4 is 17.4 Å². The first kappa shape index (κ1) is 17.0. The van der Waals surface area contributed by atoms with Crippen molar-refractivity contribution in [3.8, 4) is 0 Å². The molecule has 7 heteroatoms. The second-order valence-electron chi connectivity index (χ2n) is 6.40. The van der Waals surface area contributed by atoms with Gasteiger partial charge in [0.15, 0.2) is 0 Å². The van der Waals surface area contributed by atoms with Gasteiger partial charge in [-0.05, 0) is 19.8 Å². The van der Waals surface area contributed by atoms with Crippen molar-refractivity contribution < 1.29 is 4.79 Å². The van der Waals surface area contributed by atoms with E-state index in [2.05, 4.69) is 38.3 Å². The molecule has 0 saturated heterocycles. The van der Waals surface area contributed by atoms with E-state index in [1.807, 2.05) is 13.1 Å². The fraction of sp³-hybridized carbons (Fsp3) is 0.588. The second-order valence-corrected chi connectivity index (χ2v) is 7.66. The van der Waals surface area contributed by atoms with Crippen molar-refractivity contribution in [2.75, 3.05) is 13.1 Å². The number of carbonyl (C=O) groups excluding carboxylic acids is 1. The summed E-state index contributed by atoms with van der Waals surface area (Å²) >= 11 is 1.68. The smallest absolute Gasteiger partial charge is 0.314 e. The van der Waals surface area contributed by atoms with E-state index in [1.54, 1.807) is 11.3 Å². The minimum Gasteiger partial charge on any atom is -0.338 e. The molecule has 24 heavy (non-hydrogen) atoms. The molecule has 130 valence electrons. The predicted molar refractivity (Wildman–Crippen MR) is 95.5 cm³/mol. The van der Waals surface area contributed by atoms with Gasteiger partial charge in [-0.25, -0.2) is 14.8 Å². The molecular weight excluding hydrogens is 322 g/mol. The van der Waals surface area contributed by atoms with E-state index < -0.39 is 0 Å². The van der Waals surface area contributed by atoms with Gasteiger partial charge in [0.1, 0.15) is 5.82 Å². The van der Waals surface area contributed by atoms with Gasteiger partial charge in [-0.15, -0.1) is 11.3 Å². The van der Waals surface area contributed by atoms with Crippen LogP contribution < -0.4 is 10.6 Å². The van der Waals surface area contributed by atoms with Crippen LogP contribution in [-0.4, -0.2) is 33.7 Å². The fourth-order valence-corrected chi connectivity index (χ4v) is 3.72. The molecule has 2 aromatic heterocycles. The summed E-state index contributed by atoms with van der Waals surface area (Å²) in [4.78, 5) is 22.1. The third kappa shape index (κ3) is 4.35. The standard InChI is InChI=1S/C17H25N5OS/c1-12(16-19-10-13(2)24-16)9-20-17(23)18-7-6-14-11-22-8-4-3-5-15(22)21-14/h10-12H,3-9H2,1-2H3,(H2,18,20,23)/t12-/m1/s1. The Balaban J connectivity index is 1.37. The highest BCUT2D eigenvalue weighted by atomic mass is 32.1. The molecule has 3 heterocycles. The monoisotopic (exact) mass is 347 g/mol. The number of hydrogen-bond donors (Lipinski definition) is 2. The molecule has 1 aliphatic heterocycles. The Morgan fingerprint density at radius 3 is 3.04 bits per heavy atom. The van der Waals surface area contributed by atoms with Gasteiger partial charge in [-0.2, -0.15) is 0 Å². The lowest BCUT2D eigenvalue weighted by molar-refractivity contribution is 0.240. The molecule has 1 atom stereocenters. The van der Waals surface area contributed by atoms with Crippen molar-refractivity contribution in [1.82, 2.24) is 25.2 Å². The van der Waals surface area contributed by atoms with Crippen LogP contribution in [0.2, 0.25) is 0 Å². The number of aromatic nitrogens is 3. The minimum atomic E-state index is -0.126. The second kappa shape index (κ2) is 7.79. The fourth-order valence-electron chi connectivity index (χ4n) is 2.89. The summed E-state index contributed by atoms with van der Waals surface area (Å²) in [5.74, 6) is 1.42. The number of imidazole rings is 1. The van der Waals surface area contributed by atoms with Crippen LogP contribution in [0.3, 0.4) is 0 Å². The number of carbonyl (C=O) groups is 1. The van der Waals surface area contributed by atoms with Crippen LogP contribution in [-0.2, 0) is 19.4 Å². The van der Waals surface area contributed by atoms with Crippen molar-refractivity contribution in [3.63, 3.8) is 0 Å². The lowest BCUT2D eigenvalue weighted by atomic mass is 10.2. The molecule has 2 N–H and O–H groups in total. The Labute approximate surface area is 146 Å². The van der Waals surface area contributed by atoms with Gasteiger partial charge in [0.25, 0.3) is 0 Å². The quantitative estimate of drug-likeness (QED) is 0.844. The molecule has 2 amide bonds. The van der Waals surface area contributed by atoms with Gasteiger partial charge < -0.3 is 15.2 Å². The van der Waals surface area contributed by atoms with Gasteiger partial charge in [0.2, 0.25) is 0 Å². The highest BCUT2D eigenvalue weighted by Crippen LogP contribution is 2.20. The third-order valence-corrected chi connectivity index (χ3v) is 5.40. The summed E-state index contributed by atoms with van der Waals surface area (Å²) in [7, 11) is 0. The largest absolute Gasteiger partial charge is 0.338 e. The van der Waals surface area contributed by atoms with Crippen molar-refractivity contribution in [2.45, 2.75) is 52.0 Å². The normalized spacial score (nSPS) is 14.9. The van der Waals surface area contributed by atoms with Crippen LogP contribution in [0.25, 0.3) is 0 Å². The molecule has 6 nitrogen and oxygen atoms in total. The van der Waals surface area contributed by atoms with Crippen LogP contribution in [0.4, 0.5) is 4.79 Å². The van der Waals surface area contributed by atoms with Gasteiger partial charge in [-0.3, -0.25) is 0 Å². The number of aryl methyl sites for hydroxylation is 3. The molecule has 0 aliphatic carbocycles. The summed E-state index contributed by atoms with van der Waals surface area (Å²) in [6.07, 6.45) is 8.31. The molecule has 0 fully saturated rings. The Morgan fingerprint density at radius 2 is 2.29 bits per heavy atom. The number of hydrogen-bond acceptors (Lipinski definition) is 4. The lowest BCUT2D eigenvalue weighted by Crippen LogP contribution is -2.38. The number of amides is 2. The number of nitrogens with one attached hydrogen (secondary N) is 2. The summed E-state index contributed by atoms with van der Waals surface area (Å²) < 4.78 is 2.25. The summed E-state index contributed by atoms with van der Waals surface area (Å²) in [6.45, 7) is 6.39. The van der Waals surface area contributed by atoms with Crippen LogP contribution in [0.1, 0.15) is 47.1 Å². The van der Waals surface area contributed by atoms with E-state index in [1.165, 1.54) is 23.5 Å². The predicted octanol–water partition coefficient (Wildman–Crippen LogP) is 2.63. The summed E-state index contributed by atoms with van der Waals surface area (Å²) in [6, 6.07) is -0.126. The molecule has 0 bridgehead atoms. The van der Waals surface area contributed by atoms with Gasteiger partial charge >= 0.3 is 6.03 Å². The van der Waals surface area contributed by atoms with Crippen LogP contribution >= 0.6 is 11.3 Å². The maximum Gasteiger partial charge on any atom is 0.314 e. The topological polar surface area (TPSA) is 71.8 Å². The van der Waals surface area contributed by atoms with Crippen LogP contribution in [0.5, 0.6) is 0 Å². The average Bonchev–Trinajstić information content (AvgIpc) is 3.18. The van der Waals surface area contributed by atoms with E-state index in [9.17, 15) is 4.79 Å². The zero-order valence-electron chi connectivity index (χ0n) is 14.3. The van der Waals surface area contributed by atoms with E-state index in [0.29, 0.717) is 13.1 Å². The highest BCUT2D eigenvalue weighted by molar-refractivity contribution is 7.11. The molecule has 0 saturated carbocycles. The van der Waals surface area contributed by atoms with Gasteiger partial charge in [-0.1, -0.05) is 6.92 Å². The Kier molecular flexibility index (Phi) is 5.50. The van der Waals surface area contributed by atoms with Crippen LogP contribution in [0, 0.1) is 6.92 Å². The highest BCUT2D eigenvalue weighted by Gasteiger charge is 2.13. The molecule has 0 spiro atoms. The average molecular weight is 347 g/mol. The molecule has 0 unspecified atom stereocenters. The van der Waals surface area contributed by atoms with Crippen molar-refractivity contribution in [2.24, 2.45) is 0 Å². The van der Waals surface area contributed by atoms with Crippen LogP contribution in [0.15, 0.2) is 12.4 Å². The van der Waals surface area contributed by atoms with Gasteiger partial charge in [0.05, 0.1) is 10.7 Å². The van der Waals surface area contributed by atoms with E-state index in [-0.39, 0.29) is 11.9 Å². The molecule has 1 aliphatic rings. The molecule has 0 aromatic carbocycles. The van der Waals surface area contributed by atoms with E-state index >= 15 is 0 Å². The third-order valence-electron chi connectivity index (χ3n) is 4.25. The maximum atomic E-state index is 11.9. The zero-order chi connectivity index (χ0) is 16.9. The van der Waals surface area contributed by atoms with Gasteiger partial charge in [0, 0.05) is 55.7 Å². The van der Waals surface area contributed by atoms with Crippen molar-refractivity contribution in [1.29, 1.82) is 0 Å². The number of urea groups is 1. The minimum absolute atomic E-state index is 0.126. The first-order chi connectivity index (χ1) is 11.6. The Bertz CT molecular complexity index is 669. The Morgan fingerprint density at radius 1 is 1.42 bits per heavy atom. The summed E-state index contributed by atoms with van der Waals surface area (Å²) in [5.41, 5.74) is 1.07. The first-order valence-corrected chi connectivity index (χ1v) is 9.42. The molecule has 3 rings (SSSR count). The maximum absolute atomic E-state index is 11.9. The number of rotatable bonds is 6. The Hall–Kier alpha value is -1.89.